The van der Waals surface area contributed by atoms with Crippen molar-refractivity contribution >= 4 is 51.8 Å². The summed E-state index contributed by atoms with van der Waals surface area (Å²) in [6.07, 6.45) is 0. The van der Waals surface area contributed by atoms with Crippen LogP contribution >= 0.6 is 11.3 Å². The second-order valence-corrected chi connectivity index (χ2v) is 7.89. The summed E-state index contributed by atoms with van der Waals surface area (Å²) in [6.45, 7) is 0. The molecule has 37 heavy (non-hydrogen) atoms. The number of hydrogen-bond donors (Lipinski definition) is 3. The van der Waals surface area contributed by atoms with Gasteiger partial charge in [0.1, 0.15) is 16.6 Å². The fourth-order valence-electron chi connectivity index (χ4n) is 2.81. The number of hydrogen-bond acceptors (Lipinski definition) is 11. The molecule has 3 amide bonds. The van der Waals surface area contributed by atoms with E-state index >= 15 is 0 Å². The van der Waals surface area contributed by atoms with Crippen LogP contribution < -0.4 is 16.5 Å². The van der Waals surface area contributed by atoms with Crippen LogP contribution in [0, 0.1) is 31.6 Å². The van der Waals surface area contributed by atoms with Crippen molar-refractivity contribution in [3.8, 4) is 17.3 Å². The number of nitriles is 1. The molecule has 3 rings (SSSR count). The molecule has 15 nitrogen and oxygen atoms in total. The van der Waals surface area contributed by atoms with Crippen molar-refractivity contribution in [2.45, 2.75) is 5.92 Å². The van der Waals surface area contributed by atoms with Gasteiger partial charge in [-0.05, 0) is 24.3 Å². The highest BCUT2D eigenvalue weighted by atomic mass is 32.1. The molecular weight excluding hydrogens is 508 g/mol. The van der Waals surface area contributed by atoms with Gasteiger partial charge in [-0.1, -0.05) is 0 Å². The van der Waals surface area contributed by atoms with Gasteiger partial charge in [0.2, 0.25) is 0 Å². The van der Waals surface area contributed by atoms with Gasteiger partial charge in [-0.2, -0.15) is 10.4 Å². The van der Waals surface area contributed by atoms with Gasteiger partial charge in [-0.15, -0.1) is 11.3 Å². The molecular formula is C21H14N8O7S. The molecule has 0 aliphatic carbocycles. The molecule has 1 heterocycles. The Balaban J connectivity index is 1.93. The van der Waals surface area contributed by atoms with Crippen LogP contribution in [0.15, 0.2) is 59.0 Å². The smallest absolute Gasteiger partial charge is 0.329 e. The van der Waals surface area contributed by atoms with Crippen LogP contribution in [0.2, 0.25) is 0 Å². The molecule has 1 atom stereocenters. The lowest BCUT2D eigenvalue weighted by atomic mass is 10.0. The first kappa shape index (κ1) is 26.1. The first-order chi connectivity index (χ1) is 17.6. The van der Waals surface area contributed by atoms with E-state index in [1.807, 2.05) is 6.07 Å². The Kier molecular flexibility index (Phi) is 7.92. The highest BCUT2D eigenvalue weighted by Crippen LogP contribution is 2.29. The molecule has 0 bridgehead atoms. The monoisotopic (exact) mass is 522 g/mol. The number of anilines is 1. The van der Waals surface area contributed by atoms with Gasteiger partial charge in [-0.25, -0.2) is 10.4 Å². The molecule has 0 spiro atoms. The Morgan fingerprint density at radius 1 is 1.00 bits per heavy atom. The van der Waals surface area contributed by atoms with Gasteiger partial charge >= 0.3 is 11.8 Å². The van der Waals surface area contributed by atoms with Crippen LogP contribution in [-0.2, 0) is 14.4 Å². The van der Waals surface area contributed by atoms with E-state index in [0.717, 1.165) is 23.5 Å². The maximum atomic E-state index is 13.0. The Labute approximate surface area is 210 Å². The van der Waals surface area contributed by atoms with Crippen LogP contribution in [0.25, 0.3) is 11.3 Å². The average Bonchev–Trinajstić information content (AvgIpc) is 3.36. The van der Waals surface area contributed by atoms with Crippen LogP contribution in [0.1, 0.15) is 10.9 Å². The van der Waals surface area contributed by atoms with Gasteiger partial charge in [0.15, 0.2) is 0 Å². The number of carbonyl (C=O) groups is 3. The van der Waals surface area contributed by atoms with E-state index in [2.05, 4.69) is 15.4 Å². The molecule has 0 saturated heterocycles. The topological polar surface area (TPSA) is 237 Å². The zero-order chi connectivity index (χ0) is 27.1. The molecule has 186 valence electrons. The molecule has 0 aliphatic rings. The number of non-ortho nitro benzene ring substituents is 2. The number of rotatable bonds is 8. The van der Waals surface area contributed by atoms with E-state index in [1.54, 1.807) is 10.8 Å². The lowest BCUT2D eigenvalue weighted by Crippen LogP contribution is -2.36. The van der Waals surface area contributed by atoms with Crippen molar-refractivity contribution < 1.29 is 24.2 Å². The fraction of sp³-hybridized carbons (Fsp3) is 0.0476. The molecule has 16 heteroatoms. The third-order valence-corrected chi connectivity index (χ3v) is 5.53. The van der Waals surface area contributed by atoms with Crippen molar-refractivity contribution in [3.63, 3.8) is 0 Å². The zero-order valence-electron chi connectivity index (χ0n) is 18.4. The summed E-state index contributed by atoms with van der Waals surface area (Å²) in [5.41, 5.74) is 6.75. The van der Waals surface area contributed by atoms with Crippen LogP contribution in [0.3, 0.4) is 0 Å². The van der Waals surface area contributed by atoms with Gasteiger partial charge in [-0.3, -0.25) is 34.6 Å². The normalized spacial score (nSPS) is 11.6. The predicted molar refractivity (Wildman–Crippen MR) is 129 cm³/mol. The number of hydrazone groups is 1. The van der Waals surface area contributed by atoms with Gasteiger partial charge < -0.3 is 11.1 Å². The van der Waals surface area contributed by atoms with Crippen LogP contribution in [0.5, 0.6) is 0 Å². The summed E-state index contributed by atoms with van der Waals surface area (Å²) >= 11 is 0.978. The van der Waals surface area contributed by atoms with Crippen molar-refractivity contribution in [3.05, 3.63) is 79.1 Å². The molecule has 0 fully saturated rings. The van der Waals surface area contributed by atoms with E-state index in [1.165, 1.54) is 36.4 Å². The molecule has 0 saturated carbocycles. The fourth-order valence-corrected chi connectivity index (χ4v) is 3.69. The van der Waals surface area contributed by atoms with Crippen LogP contribution in [-0.4, -0.2) is 38.3 Å². The summed E-state index contributed by atoms with van der Waals surface area (Å²) < 4.78 is 0. The quantitative estimate of drug-likeness (QED) is 0.169. The number of benzene rings is 2. The minimum absolute atomic E-state index is 0.0850. The summed E-state index contributed by atoms with van der Waals surface area (Å²) in [6, 6.07) is 12.1. The third kappa shape index (κ3) is 6.32. The summed E-state index contributed by atoms with van der Waals surface area (Å²) in [7, 11) is 0. The number of nitrogens with two attached hydrogens (primary N) is 1. The van der Waals surface area contributed by atoms with Crippen molar-refractivity contribution in [1.29, 1.82) is 5.26 Å². The average molecular weight is 522 g/mol. The standard InChI is InChI=1S/C21H14N8O7S/c22-9-15(21-25-16(10-37-21)11-1-5-13(6-2-11)28(33)34)17(26-27-20(32)18(23)30)19(31)24-12-3-7-14(8-4-12)29(35)36/h1-8,10,15H,(H2,23,30)(H,24,31)(H,27,32)/b26-17-/t15-/m0/s1. The summed E-state index contributed by atoms with van der Waals surface area (Å²) in [5.74, 6) is -5.13. The minimum atomic E-state index is -1.43. The Morgan fingerprint density at radius 3 is 2.08 bits per heavy atom. The van der Waals surface area contributed by atoms with Gasteiger partial charge in [0, 0.05) is 40.9 Å². The number of carbonyl (C=O) groups excluding carboxylic acids is 3. The lowest BCUT2D eigenvalue weighted by molar-refractivity contribution is -0.385. The maximum absolute atomic E-state index is 13.0. The Bertz CT molecular complexity index is 1460. The lowest BCUT2D eigenvalue weighted by Gasteiger charge is -2.11. The van der Waals surface area contributed by atoms with Crippen molar-refractivity contribution in [2.24, 2.45) is 10.8 Å². The van der Waals surface area contributed by atoms with Crippen LogP contribution in [0.4, 0.5) is 17.1 Å². The number of aromatic nitrogens is 1. The zero-order valence-corrected chi connectivity index (χ0v) is 19.2. The Morgan fingerprint density at radius 2 is 1.57 bits per heavy atom. The van der Waals surface area contributed by atoms with E-state index in [-0.39, 0.29) is 22.1 Å². The highest BCUT2D eigenvalue weighted by molar-refractivity contribution is 7.10. The second kappa shape index (κ2) is 11.2. The second-order valence-electron chi connectivity index (χ2n) is 7.00. The van der Waals surface area contributed by atoms with Crippen molar-refractivity contribution in [1.82, 2.24) is 10.4 Å². The molecule has 0 aliphatic heterocycles. The molecule has 0 radical (unpaired) electrons. The minimum Gasteiger partial charge on any atom is -0.361 e. The molecule has 2 aromatic carbocycles. The largest absolute Gasteiger partial charge is 0.361 e. The Hall–Kier alpha value is -5.56. The van der Waals surface area contributed by atoms with E-state index in [4.69, 9.17) is 5.73 Å². The number of nitro groups is 2. The number of thiazole rings is 1. The highest BCUT2D eigenvalue weighted by Gasteiger charge is 2.29. The van der Waals surface area contributed by atoms with Crippen molar-refractivity contribution in [2.75, 3.05) is 5.32 Å². The van der Waals surface area contributed by atoms with E-state index < -0.39 is 39.2 Å². The first-order valence-corrected chi connectivity index (χ1v) is 10.8. The number of nitrogens with one attached hydrogen (secondary N) is 2. The van der Waals surface area contributed by atoms with Gasteiger partial charge in [0.25, 0.3) is 17.3 Å². The number of primary amides is 1. The first-order valence-electron chi connectivity index (χ1n) is 9.93. The molecule has 4 N–H and O–H groups in total. The molecule has 3 aromatic rings. The SMILES string of the molecule is N#C[C@@H](/C(=N/NC(=O)C(N)=O)C(=O)Nc1ccc([N+](=O)[O-])cc1)c1nc(-c2ccc([N+](=O)[O-])cc2)cs1. The van der Waals surface area contributed by atoms with E-state index in [0.29, 0.717) is 11.3 Å². The molecule has 1 aromatic heterocycles. The third-order valence-electron chi connectivity index (χ3n) is 4.62. The molecule has 0 unspecified atom stereocenters. The van der Waals surface area contributed by atoms with E-state index in [9.17, 15) is 39.9 Å². The predicted octanol–water partition coefficient (Wildman–Crippen LogP) is 1.83. The summed E-state index contributed by atoms with van der Waals surface area (Å²) in [4.78, 5) is 60.5. The number of amides is 3. The number of nitrogens with zero attached hydrogens (tertiary/aromatic N) is 5. The number of nitro benzene ring substituents is 2. The maximum Gasteiger partial charge on any atom is 0.329 e. The summed E-state index contributed by atoms with van der Waals surface area (Å²) in [5, 5.41) is 39.2. The van der Waals surface area contributed by atoms with Gasteiger partial charge in [0.05, 0.1) is 21.6 Å².